The molecule has 2 saturated heterocycles. The zero-order chi connectivity index (χ0) is 19.8. The molecule has 0 aliphatic carbocycles. The van der Waals surface area contributed by atoms with Crippen molar-refractivity contribution in [3.8, 4) is 5.75 Å². The second-order valence-electron chi connectivity index (χ2n) is 8.00. The molecule has 2 aliphatic heterocycles. The van der Waals surface area contributed by atoms with Crippen LogP contribution in [0.1, 0.15) is 37.2 Å². The van der Waals surface area contributed by atoms with Gasteiger partial charge in [0.15, 0.2) is 0 Å². The second-order valence-corrected chi connectivity index (χ2v) is 9.16. The molecule has 0 spiro atoms. The molecular weight excluding hydrogens is 477 g/mol. The molecular formula is C23H24IN3O2. The van der Waals surface area contributed by atoms with E-state index in [1.807, 2.05) is 30.3 Å². The predicted molar refractivity (Wildman–Crippen MR) is 124 cm³/mol. The molecule has 6 heteroatoms. The Hall–Kier alpha value is -2.06. The number of benzene rings is 2. The molecule has 3 aromatic rings. The predicted octanol–water partition coefficient (Wildman–Crippen LogP) is 5.73. The number of ether oxygens (including phenoxy) is 1. The van der Waals surface area contributed by atoms with E-state index in [4.69, 9.17) is 4.74 Å². The van der Waals surface area contributed by atoms with Crippen molar-refractivity contribution in [1.82, 2.24) is 9.88 Å². The number of hydrogen-bond acceptors (Lipinski definition) is 3. The van der Waals surface area contributed by atoms with Gasteiger partial charge in [-0.05, 0) is 103 Å². The Bertz CT molecular complexity index is 1050. The number of H-pyrrole nitrogens is 1. The third kappa shape index (κ3) is 3.88. The van der Waals surface area contributed by atoms with Crippen LogP contribution in [0.4, 0.5) is 10.5 Å². The number of hydrogen-bond donors (Lipinski definition) is 2. The molecule has 2 aromatic carbocycles. The first-order chi connectivity index (χ1) is 14.2. The van der Waals surface area contributed by atoms with E-state index in [0.29, 0.717) is 11.7 Å². The van der Waals surface area contributed by atoms with E-state index in [1.54, 1.807) is 6.07 Å². The number of aromatic nitrogens is 1. The molecule has 0 bridgehead atoms. The Balaban J connectivity index is 1.34. The van der Waals surface area contributed by atoms with E-state index < -0.39 is 6.09 Å². The van der Waals surface area contributed by atoms with Crippen LogP contribution in [0.25, 0.3) is 10.9 Å². The van der Waals surface area contributed by atoms with Gasteiger partial charge < -0.3 is 14.6 Å². The summed E-state index contributed by atoms with van der Waals surface area (Å²) in [4.78, 5) is 18.4. The normalized spacial score (nSPS) is 21.8. The van der Waals surface area contributed by atoms with Crippen LogP contribution in [-0.2, 0) is 0 Å². The fraction of sp³-hybridized carbons (Fsp3) is 0.348. The molecule has 2 unspecified atom stereocenters. The van der Waals surface area contributed by atoms with Crippen LogP contribution < -0.4 is 10.1 Å². The van der Waals surface area contributed by atoms with E-state index in [2.05, 4.69) is 50.1 Å². The highest BCUT2D eigenvalue weighted by atomic mass is 127. The monoisotopic (exact) mass is 501 g/mol. The quantitative estimate of drug-likeness (QED) is 0.451. The number of halogens is 1. The molecule has 0 radical (unpaired) electrons. The van der Waals surface area contributed by atoms with Crippen molar-refractivity contribution in [2.24, 2.45) is 0 Å². The Morgan fingerprint density at radius 3 is 2.97 bits per heavy atom. The van der Waals surface area contributed by atoms with Crippen LogP contribution in [0, 0.1) is 3.57 Å². The molecule has 5 nitrogen and oxygen atoms in total. The largest absolute Gasteiger partial charge is 0.417 e. The lowest BCUT2D eigenvalue weighted by Crippen LogP contribution is -2.37. The topological polar surface area (TPSA) is 57.4 Å². The van der Waals surface area contributed by atoms with Crippen LogP contribution in [0.15, 0.2) is 48.7 Å². The van der Waals surface area contributed by atoms with Crippen LogP contribution in [-0.4, -0.2) is 35.1 Å². The van der Waals surface area contributed by atoms with Crippen LogP contribution in [0.3, 0.4) is 0 Å². The highest BCUT2D eigenvalue weighted by Crippen LogP contribution is 2.39. The summed E-state index contributed by atoms with van der Waals surface area (Å²) in [5.74, 6) is 1.15. The average molecular weight is 501 g/mol. The molecule has 0 saturated carbocycles. The summed E-state index contributed by atoms with van der Waals surface area (Å²) >= 11 is 2.16. The van der Waals surface area contributed by atoms with Crippen molar-refractivity contribution in [3.63, 3.8) is 0 Å². The van der Waals surface area contributed by atoms with Gasteiger partial charge in [-0.1, -0.05) is 12.1 Å². The molecule has 1 aromatic heterocycles. The Morgan fingerprint density at radius 2 is 2.07 bits per heavy atom. The number of aromatic amines is 1. The Labute approximate surface area is 183 Å². The van der Waals surface area contributed by atoms with Gasteiger partial charge >= 0.3 is 6.09 Å². The summed E-state index contributed by atoms with van der Waals surface area (Å²) in [6.45, 7) is 2.46. The van der Waals surface area contributed by atoms with Gasteiger partial charge in [0.25, 0.3) is 0 Å². The van der Waals surface area contributed by atoms with Crippen molar-refractivity contribution in [2.45, 2.75) is 37.6 Å². The van der Waals surface area contributed by atoms with Gasteiger partial charge in [-0.2, -0.15) is 0 Å². The zero-order valence-electron chi connectivity index (χ0n) is 16.2. The zero-order valence-corrected chi connectivity index (χ0v) is 18.3. The van der Waals surface area contributed by atoms with Crippen molar-refractivity contribution >= 4 is 45.3 Å². The van der Waals surface area contributed by atoms with Gasteiger partial charge in [0.1, 0.15) is 5.75 Å². The molecule has 2 N–H and O–H groups in total. The minimum atomic E-state index is -0.468. The van der Waals surface area contributed by atoms with Crippen LogP contribution >= 0.6 is 22.6 Å². The van der Waals surface area contributed by atoms with Gasteiger partial charge in [-0.15, -0.1) is 0 Å². The lowest BCUT2D eigenvalue weighted by atomic mass is 9.85. The third-order valence-electron chi connectivity index (χ3n) is 6.26. The molecule has 2 fully saturated rings. The third-order valence-corrected chi connectivity index (χ3v) is 7.15. The number of rotatable bonds is 3. The second kappa shape index (κ2) is 7.99. The SMILES string of the molecule is O=C(Nc1ccc2[nH]cc(C3CCN4CCCC4C3)c2c1)Oc1ccccc1I. The number of piperidine rings is 1. The van der Waals surface area contributed by atoms with Crippen molar-refractivity contribution < 1.29 is 9.53 Å². The van der Waals surface area contributed by atoms with Crippen molar-refractivity contribution in [3.05, 3.63) is 57.8 Å². The van der Waals surface area contributed by atoms with Gasteiger partial charge in [-0.25, -0.2) is 4.79 Å². The van der Waals surface area contributed by atoms with E-state index in [9.17, 15) is 4.79 Å². The number of fused-ring (bicyclic) bond motifs is 2. The van der Waals surface area contributed by atoms with Gasteiger partial charge in [0.2, 0.25) is 0 Å². The highest BCUT2D eigenvalue weighted by molar-refractivity contribution is 14.1. The number of carbonyl (C=O) groups is 1. The first-order valence-corrected chi connectivity index (χ1v) is 11.3. The maximum Gasteiger partial charge on any atom is 0.417 e. The lowest BCUT2D eigenvalue weighted by Gasteiger charge is -2.34. The molecule has 2 aliphatic rings. The lowest BCUT2D eigenvalue weighted by molar-refractivity contribution is 0.181. The van der Waals surface area contributed by atoms with E-state index in [-0.39, 0.29) is 0 Å². The highest BCUT2D eigenvalue weighted by Gasteiger charge is 2.33. The molecule has 3 heterocycles. The van der Waals surface area contributed by atoms with Gasteiger partial charge in [-0.3, -0.25) is 5.32 Å². The smallest absolute Gasteiger partial charge is 0.409 e. The Morgan fingerprint density at radius 1 is 1.17 bits per heavy atom. The summed E-state index contributed by atoms with van der Waals surface area (Å²) in [5, 5.41) is 4.08. The first kappa shape index (κ1) is 18.9. The molecule has 2 atom stereocenters. The fourth-order valence-corrected chi connectivity index (χ4v) is 5.33. The van der Waals surface area contributed by atoms with E-state index in [1.165, 1.54) is 49.7 Å². The number of amides is 1. The summed E-state index contributed by atoms with van der Waals surface area (Å²) in [5.41, 5.74) is 3.25. The number of carbonyl (C=O) groups excluding carboxylic acids is 1. The van der Waals surface area contributed by atoms with E-state index >= 15 is 0 Å². The molecule has 1 amide bonds. The first-order valence-electron chi connectivity index (χ1n) is 10.3. The standard InChI is InChI=1S/C23H24IN3O2/c24-20-5-1-2-6-22(20)29-23(28)26-16-7-8-21-18(13-16)19(14-25-21)15-9-11-27-10-3-4-17(27)12-15/h1-2,5-8,13-15,17,25H,3-4,9-12H2,(H,26,28). The number of nitrogens with zero attached hydrogens (tertiary/aromatic N) is 1. The fourth-order valence-electron chi connectivity index (χ4n) is 4.84. The average Bonchev–Trinajstić information content (AvgIpc) is 3.35. The maximum absolute atomic E-state index is 12.4. The van der Waals surface area contributed by atoms with Gasteiger partial charge in [0, 0.05) is 28.8 Å². The molecule has 29 heavy (non-hydrogen) atoms. The molecule has 5 rings (SSSR count). The van der Waals surface area contributed by atoms with E-state index in [0.717, 1.165) is 20.8 Å². The molecule has 150 valence electrons. The summed E-state index contributed by atoms with van der Waals surface area (Å²) in [6.07, 6.45) is 6.80. The minimum Gasteiger partial charge on any atom is -0.409 e. The summed E-state index contributed by atoms with van der Waals surface area (Å²) in [6, 6.07) is 14.2. The number of nitrogens with one attached hydrogen (secondary N) is 2. The van der Waals surface area contributed by atoms with Crippen LogP contribution in [0.2, 0.25) is 0 Å². The van der Waals surface area contributed by atoms with Crippen LogP contribution in [0.5, 0.6) is 5.75 Å². The minimum absolute atomic E-state index is 0.468. The van der Waals surface area contributed by atoms with Crippen molar-refractivity contribution in [2.75, 3.05) is 18.4 Å². The maximum atomic E-state index is 12.4. The summed E-state index contributed by atoms with van der Waals surface area (Å²) in [7, 11) is 0. The Kier molecular flexibility index (Phi) is 5.22. The van der Waals surface area contributed by atoms with Gasteiger partial charge in [0.05, 0.1) is 3.57 Å². The van der Waals surface area contributed by atoms with Crippen molar-refractivity contribution in [1.29, 1.82) is 0 Å². The number of para-hydroxylation sites is 1. The summed E-state index contributed by atoms with van der Waals surface area (Å²) < 4.78 is 6.37. The number of anilines is 1.